The number of nitrogens with one attached hydrogen (secondary N) is 1. The molecule has 122 valence electrons. The Morgan fingerprint density at radius 1 is 1.17 bits per heavy atom. The van der Waals surface area contributed by atoms with Crippen molar-refractivity contribution < 1.29 is 28.8 Å². The molecule has 1 aliphatic heterocycles. The van der Waals surface area contributed by atoms with E-state index in [0.717, 1.165) is 5.56 Å². The minimum absolute atomic E-state index is 0.00341. The van der Waals surface area contributed by atoms with E-state index in [-0.39, 0.29) is 19.3 Å². The van der Waals surface area contributed by atoms with Crippen molar-refractivity contribution in [2.75, 3.05) is 7.11 Å². The second-order valence-electron chi connectivity index (χ2n) is 4.87. The van der Waals surface area contributed by atoms with Crippen LogP contribution in [-0.4, -0.2) is 42.1 Å². The van der Waals surface area contributed by atoms with Crippen molar-refractivity contribution in [3.8, 4) is 0 Å². The van der Waals surface area contributed by atoms with Gasteiger partial charge in [-0.15, -0.1) is 5.06 Å². The van der Waals surface area contributed by atoms with Crippen LogP contribution in [0.2, 0.25) is 0 Å². The Labute approximate surface area is 132 Å². The van der Waals surface area contributed by atoms with Crippen LogP contribution in [0, 0.1) is 0 Å². The molecular formula is C15H16N2O6. The number of rotatable bonds is 5. The summed E-state index contributed by atoms with van der Waals surface area (Å²) in [6.45, 7) is 0. The summed E-state index contributed by atoms with van der Waals surface area (Å²) in [6, 6.07) is 7.99. The molecule has 0 aliphatic carbocycles. The lowest BCUT2D eigenvalue weighted by Crippen LogP contribution is -2.46. The van der Waals surface area contributed by atoms with Gasteiger partial charge in [-0.2, -0.15) is 0 Å². The summed E-state index contributed by atoms with van der Waals surface area (Å²) in [6.07, 6.45) is -0.891. The molecule has 0 saturated carbocycles. The van der Waals surface area contributed by atoms with Crippen molar-refractivity contribution >= 4 is 23.9 Å². The first-order valence-electron chi connectivity index (χ1n) is 6.97. The van der Waals surface area contributed by atoms with E-state index in [0.29, 0.717) is 5.06 Å². The molecule has 0 unspecified atom stereocenters. The Hall–Kier alpha value is -2.90. The highest BCUT2D eigenvalue weighted by Crippen LogP contribution is 2.12. The maximum Gasteiger partial charge on any atom is 0.432 e. The molecule has 8 nitrogen and oxygen atoms in total. The first kappa shape index (κ1) is 16.5. The number of methoxy groups -OCH3 is 1. The minimum atomic E-state index is -1.07. The number of nitrogens with zero attached hydrogens (tertiary/aromatic N) is 1. The lowest BCUT2D eigenvalue weighted by Gasteiger charge is -2.18. The smallest absolute Gasteiger partial charge is 0.432 e. The van der Waals surface area contributed by atoms with Gasteiger partial charge in [-0.05, 0) is 5.56 Å². The van der Waals surface area contributed by atoms with Gasteiger partial charge in [0.05, 0.1) is 7.11 Å². The summed E-state index contributed by atoms with van der Waals surface area (Å²) in [7, 11) is 1.20. The molecule has 0 spiro atoms. The van der Waals surface area contributed by atoms with Gasteiger partial charge in [0, 0.05) is 19.3 Å². The second kappa shape index (κ2) is 7.39. The zero-order chi connectivity index (χ0) is 16.8. The van der Waals surface area contributed by atoms with Gasteiger partial charge >= 0.3 is 12.1 Å². The SMILES string of the molecule is COC(=O)[C@H](Cc1ccccc1)NC(=O)ON1C(=O)CCC1=O. The molecule has 8 heteroatoms. The zero-order valence-electron chi connectivity index (χ0n) is 12.5. The van der Waals surface area contributed by atoms with Crippen LogP contribution < -0.4 is 5.32 Å². The Morgan fingerprint density at radius 3 is 2.35 bits per heavy atom. The molecule has 0 bridgehead atoms. The molecule has 1 aromatic rings. The molecule has 0 radical (unpaired) electrons. The molecule has 1 aromatic carbocycles. The third-order valence-corrected chi connectivity index (χ3v) is 3.24. The number of amides is 3. The highest BCUT2D eigenvalue weighted by molar-refractivity contribution is 6.01. The monoisotopic (exact) mass is 320 g/mol. The third-order valence-electron chi connectivity index (χ3n) is 3.24. The van der Waals surface area contributed by atoms with E-state index in [9.17, 15) is 19.2 Å². The van der Waals surface area contributed by atoms with Crippen LogP contribution in [0.15, 0.2) is 30.3 Å². The molecule has 1 atom stereocenters. The van der Waals surface area contributed by atoms with Crippen LogP contribution in [0.5, 0.6) is 0 Å². The number of hydroxylamine groups is 2. The Kier molecular flexibility index (Phi) is 5.29. The summed E-state index contributed by atoms with van der Waals surface area (Å²) < 4.78 is 4.64. The van der Waals surface area contributed by atoms with Gasteiger partial charge in [0.2, 0.25) is 0 Å². The summed E-state index contributed by atoms with van der Waals surface area (Å²) in [5.74, 6) is -1.85. The number of hydrogen-bond donors (Lipinski definition) is 1. The van der Waals surface area contributed by atoms with Gasteiger partial charge in [0.1, 0.15) is 6.04 Å². The Morgan fingerprint density at radius 2 is 1.78 bits per heavy atom. The van der Waals surface area contributed by atoms with E-state index in [2.05, 4.69) is 14.9 Å². The zero-order valence-corrected chi connectivity index (χ0v) is 12.5. The van der Waals surface area contributed by atoms with Crippen LogP contribution >= 0.6 is 0 Å². The van der Waals surface area contributed by atoms with Crippen molar-refractivity contribution in [2.45, 2.75) is 25.3 Å². The Bertz CT molecular complexity index is 600. The first-order chi connectivity index (χ1) is 11.0. The van der Waals surface area contributed by atoms with Crippen molar-refractivity contribution in [1.82, 2.24) is 10.4 Å². The third kappa shape index (κ3) is 4.29. The molecule has 1 aliphatic rings. The van der Waals surface area contributed by atoms with Gasteiger partial charge in [-0.25, -0.2) is 9.59 Å². The first-order valence-corrected chi connectivity index (χ1v) is 6.97. The van der Waals surface area contributed by atoms with E-state index in [4.69, 9.17) is 0 Å². The van der Waals surface area contributed by atoms with Gasteiger partial charge in [0.25, 0.3) is 11.8 Å². The standard InChI is InChI=1S/C15H16N2O6/c1-22-14(20)11(9-10-5-3-2-4-6-10)16-15(21)23-17-12(18)7-8-13(17)19/h2-6,11H,7-9H2,1H3,(H,16,21)/t11-/m0/s1. The average molecular weight is 320 g/mol. The van der Waals surface area contributed by atoms with Crippen molar-refractivity contribution in [3.63, 3.8) is 0 Å². The topological polar surface area (TPSA) is 102 Å². The van der Waals surface area contributed by atoms with E-state index in [1.54, 1.807) is 24.3 Å². The predicted molar refractivity (Wildman–Crippen MR) is 76.7 cm³/mol. The van der Waals surface area contributed by atoms with Crippen LogP contribution in [0.1, 0.15) is 18.4 Å². The fourth-order valence-electron chi connectivity index (χ4n) is 2.09. The van der Waals surface area contributed by atoms with Crippen LogP contribution in [0.25, 0.3) is 0 Å². The molecule has 0 aromatic heterocycles. The normalized spacial score (nSPS) is 15.3. The molecule has 1 fully saturated rings. The second-order valence-corrected chi connectivity index (χ2v) is 4.87. The highest BCUT2D eigenvalue weighted by atomic mass is 16.7. The number of imide groups is 1. The number of esters is 1. The molecule has 1 saturated heterocycles. The van der Waals surface area contributed by atoms with E-state index >= 15 is 0 Å². The van der Waals surface area contributed by atoms with E-state index < -0.39 is 29.9 Å². The lowest BCUT2D eigenvalue weighted by molar-refractivity contribution is -0.171. The fraction of sp³-hybridized carbons (Fsp3) is 0.333. The van der Waals surface area contributed by atoms with E-state index in [1.165, 1.54) is 7.11 Å². The van der Waals surface area contributed by atoms with Gasteiger partial charge in [-0.1, -0.05) is 30.3 Å². The van der Waals surface area contributed by atoms with Crippen molar-refractivity contribution in [1.29, 1.82) is 0 Å². The van der Waals surface area contributed by atoms with E-state index in [1.807, 2.05) is 6.07 Å². The van der Waals surface area contributed by atoms with Gasteiger partial charge in [0.15, 0.2) is 0 Å². The predicted octanol–water partition coefficient (Wildman–Crippen LogP) is 0.561. The molecule has 1 heterocycles. The number of carbonyl (C=O) groups excluding carboxylic acids is 4. The minimum Gasteiger partial charge on any atom is -0.467 e. The van der Waals surface area contributed by atoms with Gasteiger partial charge in [-0.3, -0.25) is 9.59 Å². The van der Waals surface area contributed by atoms with Crippen molar-refractivity contribution in [3.05, 3.63) is 35.9 Å². The largest absolute Gasteiger partial charge is 0.467 e. The molecule has 1 N–H and O–H groups in total. The maximum atomic E-state index is 11.8. The lowest BCUT2D eigenvalue weighted by atomic mass is 10.1. The Balaban J connectivity index is 1.99. The van der Waals surface area contributed by atoms with Crippen LogP contribution in [0.4, 0.5) is 4.79 Å². The number of carbonyl (C=O) groups is 4. The summed E-state index contributed by atoms with van der Waals surface area (Å²) >= 11 is 0. The number of hydrogen-bond acceptors (Lipinski definition) is 6. The number of benzene rings is 1. The maximum absolute atomic E-state index is 11.8. The quantitative estimate of drug-likeness (QED) is 0.628. The van der Waals surface area contributed by atoms with Gasteiger partial charge < -0.3 is 14.9 Å². The molecule has 3 amide bonds. The average Bonchev–Trinajstić information content (AvgIpc) is 2.86. The number of ether oxygens (including phenoxy) is 1. The summed E-state index contributed by atoms with van der Waals surface area (Å²) in [5.41, 5.74) is 0.802. The van der Waals surface area contributed by atoms with Crippen LogP contribution in [-0.2, 0) is 30.4 Å². The molecule has 23 heavy (non-hydrogen) atoms. The molecule has 2 rings (SSSR count). The summed E-state index contributed by atoms with van der Waals surface area (Å²) in [5, 5.41) is 2.71. The molecular weight excluding hydrogens is 304 g/mol. The highest BCUT2D eigenvalue weighted by Gasteiger charge is 2.34. The summed E-state index contributed by atoms with van der Waals surface area (Å²) in [4.78, 5) is 51.1. The van der Waals surface area contributed by atoms with Crippen molar-refractivity contribution in [2.24, 2.45) is 0 Å². The fourth-order valence-corrected chi connectivity index (χ4v) is 2.09. The van der Waals surface area contributed by atoms with Crippen LogP contribution in [0.3, 0.4) is 0 Å².